The van der Waals surface area contributed by atoms with Gasteiger partial charge in [0, 0.05) is 24.6 Å². The highest BCUT2D eigenvalue weighted by atomic mass is 16.7. The standard InChI is InChI=1S/C35H42O20/c1-11-21(39)24(42)27(45)33(49-11)51-16-8-17(38)20-18(9-16)52-30(14-4-6-15(37)7-5-14)32(23(20)41)55-35-29(47)26(44)31(19(53-35)10-48-13(3)36)54-34-28(46)25(43)22(40)12(2)50-34/h4-9,11-12,19,21-22,24-29,31,33-35,37-40,42-47H,10H2,1-3H3. The molecule has 0 aliphatic carbocycles. The van der Waals surface area contributed by atoms with Crippen LogP contribution in [0.5, 0.6) is 23.0 Å². The summed E-state index contributed by atoms with van der Waals surface area (Å²) in [5.41, 5.74) is -1.21. The molecular formula is C35H42O20. The average Bonchev–Trinajstić information content (AvgIpc) is 3.14. The highest BCUT2D eigenvalue weighted by molar-refractivity contribution is 5.88. The first kappa shape index (κ1) is 40.5. The molecule has 302 valence electrons. The normalized spacial score (nSPS) is 36.7. The molecular weight excluding hydrogens is 740 g/mol. The Morgan fingerprint density at radius 1 is 0.709 bits per heavy atom. The van der Waals surface area contributed by atoms with Gasteiger partial charge in [0.05, 0.1) is 12.2 Å². The Balaban J connectivity index is 1.35. The predicted molar refractivity (Wildman–Crippen MR) is 179 cm³/mol. The number of esters is 1. The van der Waals surface area contributed by atoms with Gasteiger partial charge in [0.25, 0.3) is 0 Å². The molecule has 2 aromatic carbocycles. The Labute approximate surface area is 310 Å². The number of benzene rings is 2. The van der Waals surface area contributed by atoms with E-state index in [-0.39, 0.29) is 28.4 Å². The molecule has 6 rings (SSSR count). The Kier molecular flexibility index (Phi) is 11.9. The second-order valence-corrected chi connectivity index (χ2v) is 13.5. The second-order valence-electron chi connectivity index (χ2n) is 13.5. The van der Waals surface area contributed by atoms with Crippen molar-refractivity contribution in [1.29, 1.82) is 0 Å². The molecule has 15 atom stereocenters. The SMILES string of the molecule is CC(=O)OCC1OC(Oc2c(-c3ccc(O)cc3)oc3cc(OC4OC(C)C(O)C(O)C4O)cc(O)c3c2=O)C(O)C(O)C1OC1OC(C)C(O)C(O)C1O. The van der Waals surface area contributed by atoms with Gasteiger partial charge in [0.1, 0.15) is 95.9 Å². The summed E-state index contributed by atoms with van der Waals surface area (Å²) in [6, 6.07) is 7.34. The number of aromatic hydroxyl groups is 2. The molecule has 15 unspecified atom stereocenters. The molecule has 20 nitrogen and oxygen atoms in total. The van der Waals surface area contributed by atoms with Gasteiger partial charge in [0.15, 0.2) is 12.1 Å². The molecule has 20 heteroatoms. The molecule has 0 saturated carbocycles. The summed E-state index contributed by atoms with van der Waals surface area (Å²) in [7, 11) is 0. The molecule has 10 N–H and O–H groups in total. The Bertz CT molecular complexity index is 1880. The van der Waals surface area contributed by atoms with E-state index in [0.717, 1.165) is 19.1 Å². The zero-order chi connectivity index (χ0) is 40.0. The highest BCUT2D eigenvalue weighted by Gasteiger charge is 2.51. The van der Waals surface area contributed by atoms with Crippen LogP contribution in [0.4, 0.5) is 0 Å². The Morgan fingerprint density at radius 3 is 1.89 bits per heavy atom. The lowest BCUT2D eigenvalue weighted by Crippen LogP contribution is -2.64. The first-order valence-corrected chi connectivity index (χ1v) is 17.1. The number of hydrogen-bond acceptors (Lipinski definition) is 20. The van der Waals surface area contributed by atoms with E-state index in [0.29, 0.717) is 0 Å². The maximum absolute atomic E-state index is 14.2. The fraction of sp³-hybridized carbons (Fsp3) is 0.543. The number of carbonyl (C=O) groups is 1. The van der Waals surface area contributed by atoms with Crippen LogP contribution in [-0.2, 0) is 28.5 Å². The van der Waals surface area contributed by atoms with Crippen molar-refractivity contribution < 1.29 is 93.4 Å². The Morgan fingerprint density at radius 2 is 1.27 bits per heavy atom. The van der Waals surface area contributed by atoms with Crippen molar-refractivity contribution in [2.24, 2.45) is 0 Å². The van der Waals surface area contributed by atoms with E-state index in [1.165, 1.54) is 38.1 Å². The van der Waals surface area contributed by atoms with Gasteiger partial charge in [0.2, 0.25) is 23.8 Å². The number of fused-ring (bicyclic) bond motifs is 1. The van der Waals surface area contributed by atoms with Gasteiger partial charge in [-0.2, -0.15) is 0 Å². The molecule has 0 spiro atoms. The maximum atomic E-state index is 14.2. The smallest absolute Gasteiger partial charge is 0.302 e. The molecule has 3 aliphatic heterocycles. The number of carbonyl (C=O) groups excluding carboxylic acids is 1. The second kappa shape index (κ2) is 16.1. The lowest BCUT2D eigenvalue weighted by Gasteiger charge is -2.45. The number of ether oxygens (including phenoxy) is 7. The van der Waals surface area contributed by atoms with E-state index < -0.39 is 127 Å². The zero-order valence-corrected chi connectivity index (χ0v) is 29.4. The van der Waals surface area contributed by atoms with Crippen LogP contribution in [0.3, 0.4) is 0 Å². The van der Waals surface area contributed by atoms with Crippen molar-refractivity contribution >= 4 is 16.9 Å². The van der Waals surface area contributed by atoms with E-state index in [9.17, 15) is 60.7 Å². The van der Waals surface area contributed by atoms with Gasteiger partial charge in [-0.1, -0.05) is 0 Å². The van der Waals surface area contributed by atoms with Crippen LogP contribution < -0.4 is 14.9 Å². The summed E-state index contributed by atoms with van der Waals surface area (Å²) in [5, 5.41) is 105. The van der Waals surface area contributed by atoms with Gasteiger partial charge >= 0.3 is 5.97 Å². The Hall–Kier alpha value is -4.16. The molecule has 0 bridgehead atoms. The van der Waals surface area contributed by atoms with Gasteiger partial charge in [-0.15, -0.1) is 0 Å². The summed E-state index contributed by atoms with van der Waals surface area (Å²) >= 11 is 0. The maximum Gasteiger partial charge on any atom is 0.302 e. The fourth-order valence-electron chi connectivity index (χ4n) is 6.38. The number of phenolic OH excluding ortho intramolecular Hbond substituents is 2. The van der Waals surface area contributed by atoms with Crippen molar-refractivity contribution in [3.8, 4) is 34.3 Å². The van der Waals surface area contributed by atoms with E-state index >= 15 is 0 Å². The van der Waals surface area contributed by atoms with Crippen molar-refractivity contribution in [3.63, 3.8) is 0 Å². The van der Waals surface area contributed by atoms with E-state index in [2.05, 4.69) is 0 Å². The predicted octanol–water partition coefficient (Wildman–Crippen LogP) is -2.32. The van der Waals surface area contributed by atoms with Crippen molar-refractivity contribution in [1.82, 2.24) is 0 Å². The van der Waals surface area contributed by atoms with E-state index in [1.807, 2.05) is 0 Å². The largest absolute Gasteiger partial charge is 0.508 e. The number of rotatable bonds is 9. The first-order valence-electron chi connectivity index (χ1n) is 17.1. The third kappa shape index (κ3) is 8.08. The molecule has 3 saturated heterocycles. The monoisotopic (exact) mass is 782 g/mol. The van der Waals surface area contributed by atoms with Gasteiger partial charge in [-0.25, -0.2) is 0 Å². The van der Waals surface area contributed by atoms with Crippen LogP contribution in [0.2, 0.25) is 0 Å². The summed E-state index contributed by atoms with van der Waals surface area (Å²) in [4.78, 5) is 25.9. The van der Waals surface area contributed by atoms with E-state index in [4.69, 9.17) is 37.6 Å². The molecule has 3 fully saturated rings. The number of hydrogen-bond donors (Lipinski definition) is 10. The van der Waals surface area contributed by atoms with Gasteiger partial charge in [-0.3, -0.25) is 9.59 Å². The minimum Gasteiger partial charge on any atom is -0.508 e. The zero-order valence-electron chi connectivity index (χ0n) is 29.4. The number of aliphatic hydroxyl groups excluding tert-OH is 8. The molecule has 3 aliphatic rings. The molecule has 55 heavy (non-hydrogen) atoms. The average molecular weight is 783 g/mol. The van der Waals surface area contributed by atoms with Crippen molar-refractivity contribution in [3.05, 3.63) is 46.6 Å². The van der Waals surface area contributed by atoms with Gasteiger partial charge in [-0.05, 0) is 38.1 Å². The van der Waals surface area contributed by atoms with Crippen LogP contribution >= 0.6 is 0 Å². The van der Waals surface area contributed by atoms with Crippen LogP contribution in [0.1, 0.15) is 20.8 Å². The van der Waals surface area contributed by atoms with Gasteiger partial charge < -0.3 is 88.6 Å². The third-order valence-corrected chi connectivity index (χ3v) is 9.52. The lowest BCUT2D eigenvalue weighted by atomic mass is 9.97. The van der Waals surface area contributed by atoms with Crippen LogP contribution in [-0.4, -0.2) is 156 Å². The number of aliphatic hydroxyl groups is 8. The highest BCUT2D eigenvalue weighted by Crippen LogP contribution is 2.39. The van der Waals surface area contributed by atoms with Crippen molar-refractivity contribution in [2.75, 3.05) is 6.61 Å². The molecule has 0 radical (unpaired) electrons. The topological polar surface area (TPSA) is 314 Å². The summed E-state index contributed by atoms with van der Waals surface area (Å²) in [6.07, 6.45) is -24.0. The summed E-state index contributed by atoms with van der Waals surface area (Å²) in [6.45, 7) is 3.28. The minimum atomic E-state index is -2.04. The van der Waals surface area contributed by atoms with Crippen LogP contribution in [0.15, 0.2) is 45.6 Å². The van der Waals surface area contributed by atoms with Crippen LogP contribution in [0.25, 0.3) is 22.3 Å². The van der Waals surface area contributed by atoms with E-state index in [1.54, 1.807) is 0 Å². The molecule has 3 aromatic rings. The number of phenols is 2. The quantitative estimate of drug-likeness (QED) is 0.102. The van der Waals surface area contributed by atoms with Crippen LogP contribution in [0, 0.1) is 0 Å². The fourth-order valence-corrected chi connectivity index (χ4v) is 6.38. The van der Waals surface area contributed by atoms with Crippen molar-refractivity contribution in [2.45, 2.75) is 113 Å². The lowest BCUT2D eigenvalue weighted by molar-refractivity contribution is -0.349. The third-order valence-electron chi connectivity index (χ3n) is 9.52. The minimum absolute atomic E-state index is 0.122. The molecule has 1 aromatic heterocycles. The molecule has 4 heterocycles. The first-order chi connectivity index (χ1) is 26.0. The summed E-state index contributed by atoms with van der Waals surface area (Å²) < 4.78 is 45.2. The summed E-state index contributed by atoms with van der Waals surface area (Å²) in [5.74, 6) is -2.87. The molecule has 0 amide bonds.